The van der Waals surface area contributed by atoms with Gasteiger partial charge in [-0.1, -0.05) is 17.0 Å². The lowest BCUT2D eigenvalue weighted by Crippen LogP contribution is -2.24. The molecule has 4 aromatic rings. The minimum atomic E-state index is -0.189. The Bertz CT molecular complexity index is 1360. The molecule has 1 N–H and O–H groups in total. The van der Waals surface area contributed by atoms with Gasteiger partial charge in [0.2, 0.25) is 0 Å². The lowest BCUT2D eigenvalue weighted by Gasteiger charge is -2.26. The molecule has 0 bridgehead atoms. The Labute approximate surface area is 222 Å². The highest BCUT2D eigenvalue weighted by Gasteiger charge is 2.21. The molecule has 8 heteroatoms. The summed E-state index contributed by atoms with van der Waals surface area (Å²) in [6.45, 7) is 3.55. The summed E-state index contributed by atoms with van der Waals surface area (Å²) >= 11 is 0. The molecule has 0 radical (unpaired) electrons. The number of aliphatic hydroxyl groups is 1. The Balaban J connectivity index is 1.20. The van der Waals surface area contributed by atoms with Crippen LogP contribution in [0.4, 0.5) is 0 Å². The SMILES string of the molecule is C[C@H](OC1CCCCO1)c1nccn1Cc1cc(-c2ccc(C#Cc3ccc(OCCO)cc3)cc2)on1. The number of hydrogen-bond acceptors (Lipinski definition) is 7. The van der Waals surface area contributed by atoms with Crippen LogP contribution in [0.1, 0.15) is 54.9 Å². The van der Waals surface area contributed by atoms with Gasteiger partial charge in [0.05, 0.1) is 13.2 Å². The molecule has 38 heavy (non-hydrogen) atoms. The zero-order valence-corrected chi connectivity index (χ0v) is 21.4. The van der Waals surface area contributed by atoms with Crippen molar-refractivity contribution in [3.8, 4) is 28.9 Å². The van der Waals surface area contributed by atoms with Crippen molar-refractivity contribution in [2.24, 2.45) is 0 Å². The van der Waals surface area contributed by atoms with Gasteiger partial charge in [-0.15, -0.1) is 0 Å². The quantitative estimate of drug-likeness (QED) is 0.316. The van der Waals surface area contributed by atoms with E-state index in [1.807, 2.05) is 72.3 Å². The summed E-state index contributed by atoms with van der Waals surface area (Å²) in [5.41, 5.74) is 3.51. The van der Waals surface area contributed by atoms with E-state index in [0.29, 0.717) is 18.1 Å². The van der Waals surface area contributed by atoms with Gasteiger partial charge in [0.15, 0.2) is 12.1 Å². The third-order valence-corrected chi connectivity index (χ3v) is 6.23. The Morgan fingerprint density at radius 2 is 1.84 bits per heavy atom. The van der Waals surface area contributed by atoms with Gasteiger partial charge in [-0.2, -0.15) is 0 Å². The molecule has 1 fully saturated rings. The molecule has 2 aromatic carbocycles. The maximum Gasteiger partial charge on any atom is 0.167 e. The van der Waals surface area contributed by atoms with Crippen LogP contribution in [0.25, 0.3) is 11.3 Å². The first-order chi connectivity index (χ1) is 18.7. The third-order valence-electron chi connectivity index (χ3n) is 6.23. The van der Waals surface area contributed by atoms with Crippen LogP contribution in [0.15, 0.2) is 71.5 Å². The van der Waals surface area contributed by atoms with Gasteiger partial charge in [0.25, 0.3) is 0 Å². The first-order valence-electron chi connectivity index (χ1n) is 12.9. The van der Waals surface area contributed by atoms with E-state index in [4.69, 9.17) is 23.8 Å². The molecule has 1 unspecified atom stereocenters. The van der Waals surface area contributed by atoms with Crippen molar-refractivity contribution in [1.82, 2.24) is 14.7 Å². The summed E-state index contributed by atoms with van der Waals surface area (Å²) in [6, 6.07) is 17.3. The number of rotatable bonds is 9. The molecule has 1 saturated heterocycles. The fourth-order valence-corrected chi connectivity index (χ4v) is 4.28. The summed E-state index contributed by atoms with van der Waals surface area (Å²) in [6.07, 6.45) is 6.46. The Hall–Kier alpha value is -3.90. The van der Waals surface area contributed by atoms with Gasteiger partial charge in [-0.3, -0.25) is 0 Å². The molecule has 0 amide bonds. The van der Waals surface area contributed by atoms with E-state index in [9.17, 15) is 0 Å². The highest BCUT2D eigenvalue weighted by atomic mass is 16.7. The Morgan fingerprint density at radius 3 is 2.55 bits per heavy atom. The lowest BCUT2D eigenvalue weighted by molar-refractivity contribution is -0.188. The van der Waals surface area contributed by atoms with Crippen molar-refractivity contribution in [2.75, 3.05) is 19.8 Å². The number of ether oxygens (including phenoxy) is 3. The molecular weight excluding hydrogens is 482 g/mol. The average Bonchev–Trinajstić information content (AvgIpc) is 3.62. The molecular formula is C30H31N3O5. The van der Waals surface area contributed by atoms with Gasteiger partial charge in [-0.25, -0.2) is 4.98 Å². The minimum Gasteiger partial charge on any atom is -0.491 e. The van der Waals surface area contributed by atoms with Gasteiger partial charge in [0, 0.05) is 41.8 Å². The minimum absolute atomic E-state index is 0.0102. The van der Waals surface area contributed by atoms with Crippen LogP contribution in [0.2, 0.25) is 0 Å². The van der Waals surface area contributed by atoms with E-state index in [2.05, 4.69) is 22.0 Å². The monoisotopic (exact) mass is 513 g/mol. The molecule has 2 atom stereocenters. The van der Waals surface area contributed by atoms with Crippen LogP contribution in [-0.2, 0) is 16.0 Å². The highest BCUT2D eigenvalue weighted by Crippen LogP contribution is 2.25. The van der Waals surface area contributed by atoms with E-state index in [0.717, 1.165) is 54.1 Å². The number of imidazole rings is 1. The number of benzene rings is 2. The zero-order chi connectivity index (χ0) is 26.2. The van der Waals surface area contributed by atoms with Gasteiger partial charge < -0.3 is 28.4 Å². The molecule has 3 heterocycles. The first kappa shape index (κ1) is 25.7. The van der Waals surface area contributed by atoms with E-state index < -0.39 is 0 Å². The van der Waals surface area contributed by atoms with Gasteiger partial charge >= 0.3 is 0 Å². The van der Waals surface area contributed by atoms with Crippen LogP contribution in [0.5, 0.6) is 5.75 Å². The van der Waals surface area contributed by atoms with Crippen molar-refractivity contribution < 1.29 is 23.8 Å². The summed E-state index contributed by atoms with van der Waals surface area (Å²) < 4.78 is 24.8. The topological polar surface area (TPSA) is 91.8 Å². The summed E-state index contributed by atoms with van der Waals surface area (Å²) in [4.78, 5) is 4.50. The molecule has 8 nitrogen and oxygen atoms in total. The van der Waals surface area contributed by atoms with Crippen LogP contribution >= 0.6 is 0 Å². The van der Waals surface area contributed by atoms with E-state index in [1.54, 1.807) is 6.20 Å². The van der Waals surface area contributed by atoms with Crippen molar-refractivity contribution in [1.29, 1.82) is 0 Å². The molecule has 0 saturated carbocycles. The third kappa shape index (κ3) is 6.69. The smallest absolute Gasteiger partial charge is 0.167 e. The molecule has 5 rings (SSSR count). The molecule has 2 aromatic heterocycles. The zero-order valence-electron chi connectivity index (χ0n) is 21.4. The predicted molar refractivity (Wildman–Crippen MR) is 141 cm³/mol. The standard InChI is InChI=1S/C30H31N3O5/c1-22(37-29-4-2-3-18-36-29)30-31-15-16-33(30)21-26-20-28(38-32-26)25-11-7-23(8-12-25)5-6-24-9-13-27(14-10-24)35-19-17-34/h7-16,20,22,29,34H,2-4,17-19,21H2,1H3/t22-,29?/m0/s1. The van der Waals surface area contributed by atoms with E-state index in [-0.39, 0.29) is 25.6 Å². The van der Waals surface area contributed by atoms with Crippen molar-refractivity contribution >= 4 is 0 Å². The van der Waals surface area contributed by atoms with Gasteiger partial charge in [0.1, 0.15) is 30.0 Å². The average molecular weight is 514 g/mol. The predicted octanol–water partition coefficient (Wildman–Crippen LogP) is 4.96. The summed E-state index contributed by atoms with van der Waals surface area (Å²) in [5.74, 6) is 8.57. The molecule has 1 aliphatic heterocycles. The van der Waals surface area contributed by atoms with Crippen LogP contribution in [-0.4, -0.2) is 45.9 Å². The molecule has 0 spiro atoms. The van der Waals surface area contributed by atoms with E-state index in [1.165, 1.54) is 0 Å². The second-order valence-corrected chi connectivity index (χ2v) is 9.09. The van der Waals surface area contributed by atoms with Crippen molar-refractivity contribution in [3.63, 3.8) is 0 Å². The maximum absolute atomic E-state index is 8.84. The lowest BCUT2D eigenvalue weighted by atomic mass is 10.1. The summed E-state index contributed by atoms with van der Waals surface area (Å²) in [5, 5.41) is 13.1. The molecule has 0 aliphatic carbocycles. The second-order valence-electron chi connectivity index (χ2n) is 9.09. The van der Waals surface area contributed by atoms with Crippen molar-refractivity contribution in [3.05, 3.63) is 89.6 Å². The fourth-order valence-electron chi connectivity index (χ4n) is 4.28. The van der Waals surface area contributed by atoms with Crippen LogP contribution in [0.3, 0.4) is 0 Å². The van der Waals surface area contributed by atoms with Crippen LogP contribution < -0.4 is 4.74 Å². The second kappa shape index (κ2) is 12.6. The summed E-state index contributed by atoms with van der Waals surface area (Å²) in [7, 11) is 0. The Morgan fingerprint density at radius 1 is 1.08 bits per heavy atom. The number of aromatic nitrogens is 3. The van der Waals surface area contributed by atoms with E-state index >= 15 is 0 Å². The fraction of sp³-hybridized carbons (Fsp3) is 0.333. The molecule has 196 valence electrons. The number of hydrogen-bond donors (Lipinski definition) is 1. The number of nitrogens with zero attached hydrogens (tertiary/aromatic N) is 3. The van der Waals surface area contributed by atoms with Crippen LogP contribution in [0, 0.1) is 11.8 Å². The highest BCUT2D eigenvalue weighted by molar-refractivity contribution is 5.59. The maximum atomic E-state index is 8.84. The Kier molecular flexibility index (Phi) is 8.51. The number of aliphatic hydroxyl groups excluding tert-OH is 1. The van der Waals surface area contributed by atoms with Gasteiger partial charge in [-0.05, 0) is 74.7 Å². The first-order valence-corrected chi connectivity index (χ1v) is 12.9. The normalized spacial score (nSPS) is 16.0. The van der Waals surface area contributed by atoms with Crippen molar-refractivity contribution in [2.45, 2.75) is 45.1 Å². The molecule has 1 aliphatic rings. The largest absolute Gasteiger partial charge is 0.491 e.